The molecule has 0 aliphatic carbocycles. The molecular formula is C30H20N2O2. The van der Waals surface area contributed by atoms with Crippen LogP contribution in [0.25, 0.3) is 54.9 Å². The summed E-state index contributed by atoms with van der Waals surface area (Å²) in [6.45, 7) is 0. The number of hydrogen-bond donors (Lipinski definition) is 2. The molecule has 0 saturated heterocycles. The van der Waals surface area contributed by atoms with Crippen molar-refractivity contribution in [1.29, 1.82) is 0 Å². The molecule has 0 saturated carbocycles. The van der Waals surface area contributed by atoms with E-state index < -0.39 is 0 Å². The van der Waals surface area contributed by atoms with Crippen molar-refractivity contribution >= 4 is 21.5 Å². The molecule has 34 heavy (non-hydrogen) atoms. The summed E-state index contributed by atoms with van der Waals surface area (Å²) in [6, 6.07) is 27.3. The lowest BCUT2D eigenvalue weighted by atomic mass is 9.87. The minimum Gasteiger partial charge on any atom is -0.507 e. The molecule has 0 aliphatic heterocycles. The van der Waals surface area contributed by atoms with E-state index in [9.17, 15) is 10.2 Å². The van der Waals surface area contributed by atoms with Crippen molar-refractivity contribution in [3.05, 3.63) is 110 Å². The predicted molar refractivity (Wildman–Crippen MR) is 137 cm³/mol. The fourth-order valence-electron chi connectivity index (χ4n) is 4.66. The van der Waals surface area contributed by atoms with E-state index >= 15 is 0 Å². The highest BCUT2D eigenvalue weighted by atomic mass is 16.3. The Morgan fingerprint density at radius 2 is 0.941 bits per heavy atom. The van der Waals surface area contributed by atoms with Crippen LogP contribution in [0.3, 0.4) is 0 Å². The Balaban J connectivity index is 1.78. The minimum absolute atomic E-state index is 0.107. The molecule has 162 valence electrons. The second kappa shape index (κ2) is 8.01. The number of phenols is 2. The topological polar surface area (TPSA) is 66.2 Å². The van der Waals surface area contributed by atoms with Gasteiger partial charge in [-0.15, -0.1) is 0 Å². The van der Waals surface area contributed by atoms with Gasteiger partial charge in [-0.2, -0.15) is 0 Å². The van der Waals surface area contributed by atoms with Crippen LogP contribution in [0.4, 0.5) is 0 Å². The number of hydrogen-bond acceptors (Lipinski definition) is 4. The summed E-state index contributed by atoms with van der Waals surface area (Å²) in [4.78, 5) is 8.48. The summed E-state index contributed by atoms with van der Waals surface area (Å²) in [5.41, 5.74) is 4.13. The van der Waals surface area contributed by atoms with E-state index in [0.717, 1.165) is 32.7 Å². The summed E-state index contributed by atoms with van der Waals surface area (Å²) in [6.07, 6.45) is 6.88. The minimum atomic E-state index is 0.107. The van der Waals surface area contributed by atoms with Crippen LogP contribution < -0.4 is 0 Å². The van der Waals surface area contributed by atoms with E-state index in [1.807, 2.05) is 84.9 Å². The fraction of sp³-hybridized carbons (Fsp3) is 0. The van der Waals surface area contributed by atoms with Gasteiger partial charge in [0.05, 0.1) is 0 Å². The number of benzene rings is 4. The first-order valence-electron chi connectivity index (χ1n) is 11.0. The average molecular weight is 441 g/mol. The Hall–Kier alpha value is -4.70. The zero-order valence-corrected chi connectivity index (χ0v) is 18.2. The molecule has 0 radical (unpaired) electrons. The zero-order valence-electron chi connectivity index (χ0n) is 18.2. The van der Waals surface area contributed by atoms with Gasteiger partial charge in [-0.3, -0.25) is 9.97 Å². The van der Waals surface area contributed by atoms with E-state index in [0.29, 0.717) is 22.3 Å². The molecule has 0 atom stereocenters. The highest BCUT2D eigenvalue weighted by Crippen LogP contribution is 2.51. The maximum atomic E-state index is 11.7. The molecule has 2 heterocycles. The van der Waals surface area contributed by atoms with Crippen molar-refractivity contribution in [3.63, 3.8) is 0 Å². The number of phenolic OH excluding ortho intramolecular Hbond substituents is 2. The Kier molecular flexibility index (Phi) is 4.70. The van der Waals surface area contributed by atoms with Gasteiger partial charge in [-0.1, -0.05) is 60.7 Å². The van der Waals surface area contributed by atoms with Crippen molar-refractivity contribution in [2.45, 2.75) is 0 Å². The molecular weight excluding hydrogens is 420 g/mol. The van der Waals surface area contributed by atoms with Gasteiger partial charge in [0, 0.05) is 58.2 Å². The third-order valence-corrected chi connectivity index (χ3v) is 6.24. The molecule has 4 nitrogen and oxygen atoms in total. The van der Waals surface area contributed by atoms with Crippen molar-refractivity contribution in [2.75, 3.05) is 0 Å². The number of rotatable bonds is 3. The van der Waals surface area contributed by atoms with Crippen molar-refractivity contribution in [1.82, 2.24) is 9.97 Å². The van der Waals surface area contributed by atoms with Gasteiger partial charge < -0.3 is 10.2 Å². The van der Waals surface area contributed by atoms with Crippen LogP contribution in [0.15, 0.2) is 110 Å². The Bertz CT molecular complexity index is 1540. The van der Waals surface area contributed by atoms with Crippen LogP contribution >= 0.6 is 0 Å². The van der Waals surface area contributed by atoms with Crippen LogP contribution in [-0.4, -0.2) is 20.2 Å². The van der Waals surface area contributed by atoms with Crippen LogP contribution in [0, 0.1) is 0 Å². The summed E-state index contributed by atoms with van der Waals surface area (Å²) >= 11 is 0. The average Bonchev–Trinajstić information content (AvgIpc) is 2.90. The van der Waals surface area contributed by atoms with Gasteiger partial charge in [-0.25, -0.2) is 0 Å². The fourth-order valence-corrected chi connectivity index (χ4v) is 4.66. The number of aromatic nitrogens is 2. The summed E-state index contributed by atoms with van der Waals surface area (Å²) in [5, 5.41) is 27.0. The number of aromatic hydroxyl groups is 2. The van der Waals surface area contributed by atoms with Gasteiger partial charge in [0.15, 0.2) is 0 Å². The van der Waals surface area contributed by atoms with Gasteiger partial charge in [-0.05, 0) is 45.8 Å². The first-order valence-corrected chi connectivity index (χ1v) is 11.0. The molecule has 4 heteroatoms. The molecule has 0 unspecified atom stereocenters. The molecule has 6 aromatic rings. The van der Waals surface area contributed by atoms with E-state index in [1.54, 1.807) is 24.8 Å². The standard InChI is InChI=1S/C30H20N2O2/c33-29-25(21-9-5-13-31-17-21)15-19-7-1-3-11-23(19)27(29)28-24-12-4-2-8-20(24)16-26(30(28)34)22-10-6-14-32-18-22/h1-18,33-34H. The van der Waals surface area contributed by atoms with Gasteiger partial charge >= 0.3 is 0 Å². The second-order valence-corrected chi connectivity index (χ2v) is 8.22. The summed E-state index contributed by atoms with van der Waals surface area (Å²) < 4.78 is 0. The maximum Gasteiger partial charge on any atom is 0.132 e. The van der Waals surface area contributed by atoms with Crippen molar-refractivity contribution in [3.8, 4) is 44.9 Å². The monoisotopic (exact) mass is 440 g/mol. The number of nitrogens with zero attached hydrogens (tertiary/aromatic N) is 2. The second-order valence-electron chi connectivity index (χ2n) is 8.22. The molecule has 2 N–H and O–H groups in total. The smallest absolute Gasteiger partial charge is 0.132 e. The maximum absolute atomic E-state index is 11.7. The third kappa shape index (κ3) is 3.16. The molecule has 0 spiro atoms. The van der Waals surface area contributed by atoms with E-state index in [2.05, 4.69) is 9.97 Å². The summed E-state index contributed by atoms with van der Waals surface area (Å²) in [7, 11) is 0. The molecule has 0 fully saturated rings. The van der Waals surface area contributed by atoms with Crippen molar-refractivity contribution < 1.29 is 10.2 Å². The van der Waals surface area contributed by atoms with Crippen LogP contribution in [0.1, 0.15) is 0 Å². The van der Waals surface area contributed by atoms with Crippen LogP contribution in [-0.2, 0) is 0 Å². The van der Waals surface area contributed by atoms with E-state index in [4.69, 9.17) is 0 Å². The third-order valence-electron chi connectivity index (χ3n) is 6.24. The Labute approximate surface area is 196 Å². The van der Waals surface area contributed by atoms with E-state index in [1.165, 1.54) is 0 Å². The van der Waals surface area contributed by atoms with Gasteiger partial charge in [0.1, 0.15) is 11.5 Å². The van der Waals surface area contributed by atoms with Gasteiger partial charge in [0.25, 0.3) is 0 Å². The Morgan fingerprint density at radius 1 is 0.500 bits per heavy atom. The normalized spacial score (nSPS) is 11.2. The Morgan fingerprint density at radius 3 is 1.35 bits per heavy atom. The molecule has 2 aromatic heterocycles. The lowest BCUT2D eigenvalue weighted by Crippen LogP contribution is -1.92. The molecule has 4 aromatic carbocycles. The highest BCUT2D eigenvalue weighted by molar-refractivity contribution is 6.13. The van der Waals surface area contributed by atoms with Crippen molar-refractivity contribution in [2.24, 2.45) is 0 Å². The first-order chi connectivity index (χ1) is 16.7. The lowest BCUT2D eigenvalue weighted by Gasteiger charge is -2.19. The van der Waals surface area contributed by atoms with Crippen LogP contribution in [0.5, 0.6) is 11.5 Å². The predicted octanol–water partition coefficient (Wildman–Crippen LogP) is 7.20. The van der Waals surface area contributed by atoms with Gasteiger partial charge in [0.2, 0.25) is 0 Å². The largest absolute Gasteiger partial charge is 0.507 e. The first kappa shape index (κ1) is 19.9. The quantitative estimate of drug-likeness (QED) is 0.305. The number of pyridine rings is 2. The molecule has 0 aliphatic rings. The van der Waals surface area contributed by atoms with E-state index in [-0.39, 0.29) is 11.5 Å². The SMILES string of the molecule is Oc1c(-c2cccnc2)cc2ccccc2c1-c1c(O)c(-c2cccnc2)cc2ccccc12. The number of fused-ring (bicyclic) bond motifs is 2. The summed E-state index contributed by atoms with van der Waals surface area (Å²) in [5.74, 6) is 0.214. The molecule has 6 rings (SSSR count). The van der Waals surface area contributed by atoms with Crippen LogP contribution in [0.2, 0.25) is 0 Å². The lowest BCUT2D eigenvalue weighted by molar-refractivity contribution is 0.472. The zero-order chi connectivity index (χ0) is 23.1. The molecule has 0 bridgehead atoms. The molecule has 0 amide bonds. The highest BCUT2D eigenvalue weighted by Gasteiger charge is 2.23.